The van der Waals surface area contributed by atoms with Gasteiger partial charge in [-0.2, -0.15) is 5.26 Å². The lowest BCUT2D eigenvalue weighted by Crippen LogP contribution is -2.24. The topological polar surface area (TPSA) is 72.1 Å². The van der Waals surface area contributed by atoms with Gasteiger partial charge in [-0.15, -0.1) is 0 Å². The van der Waals surface area contributed by atoms with E-state index in [1.165, 1.54) is 12.1 Å². The quantitative estimate of drug-likeness (QED) is 0.413. The van der Waals surface area contributed by atoms with Crippen LogP contribution >= 0.6 is 0 Å². The lowest BCUT2D eigenvalue weighted by atomic mass is 10.0. The van der Waals surface area contributed by atoms with E-state index in [0.29, 0.717) is 47.7 Å². The van der Waals surface area contributed by atoms with E-state index in [0.717, 1.165) is 5.69 Å². The van der Waals surface area contributed by atoms with Gasteiger partial charge in [0.1, 0.15) is 11.4 Å². The van der Waals surface area contributed by atoms with E-state index in [9.17, 15) is 19.2 Å². The molecule has 0 fully saturated rings. The number of aryl methyl sites for hydroxylation is 1. The molecule has 31 heavy (non-hydrogen) atoms. The van der Waals surface area contributed by atoms with Crippen LogP contribution in [0.25, 0.3) is 16.5 Å². The average molecular weight is 420 g/mol. The first kappa shape index (κ1) is 22.2. The van der Waals surface area contributed by atoms with E-state index >= 15 is 0 Å². The molecule has 0 bridgehead atoms. The molecule has 0 aliphatic carbocycles. The lowest BCUT2D eigenvalue weighted by Gasteiger charge is -2.19. The molecule has 0 aliphatic rings. The number of carbonyl (C=O) groups excluding carboxylic acids is 1. The van der Waals surface area contributed by atoms with Crippen LogP contribution in [0.3, 0.4) is 0 Å². The summed E-state index contributed by atoms with van der Waals surface area (Å²) in [6, 6.07) is 14.7. The highest BCUT2D eigenvalue weighted by molar-refractivity contribution is 5.83. The maximum absolute atomic E-state index is 13.4. The van der Waals surface area contributed by atoms with Gasteiger partial charge in [0, 0.05) is 23.2 Å². The van der Waals surface area contributed by atoms with Gasteiger partial charge >= 0.3 is 5.97 Å². The molecule has 160 valence electrons. The van der Waals surface area contributed by atoms with Gasteiger partial charge in [0.25, 0.3) is 5.56 Å². The van der Waals surface area contributed by atoms with Crippen molar-refractivity contribution in [2.24, 2.45) is 0 Å². The van der Waals surface area contributed by atoms with E-state index in [-0.39, 0.29) is 17.3 Å². The molecule has 0 aliphatic heterocycles. The summed E-state index contributed by atoms with van der Waals surface area (Å²) < 4.78 is 20.3. The van der Waals surface area contributed by atoms with E-state index < -0.39 is 5.60 Å². The number of benzene rings is 2. The first-order valence-electron chi connectivity index (χ1n) is 10.2. The predicted octanol–water partition coefficient (Wildman–Crippen LogP) is 5.06. The SMILES string of the molecule is CC(C)(C)OC(=O)CCCCc1cc2cc(C#N)ccc2c(=O)n1-c1ccc(F)cc1. The Labute approximate surface area is 180 Å². The molecule has 1 aromatic heterocycles. The van der Waals surface area contributed by atoms with Gasteiger partial charge in [-0.1, -0.05) is 0 Å². The first-order chi connectivity index (χ1) is 14.7. The number of nitriles is 1. The van der Waals surface area contributed by atoms with E-state index in [2.05, 4.69) is 6.07 Å². The van der Waals surface area contributed by atoms with Crippen molar-refractivity contribution >= 4 is 16.7 Å². The van der Waals surface area contributed by atoms with Gasteiger partial charge in [-0.05, 0) is 94.0 Å². The number of hydrogen-bond donors (Lipinski definition) is 0. The van der Waals surface area contributed by atoms with Crippen LogP contribution in [0.15, 0.2) is 53.3 Å². The fourth-order valence-corrected chi connectivity index (χ4v) is 3.47. The summed E-state index contributed by atoms with van der Waals surface area (Å²) in [6.07, 6.45) is 2.12. The maximum Gasteiger partial charge on any atom is 0.306 e. The normalized spacial score (nSPS) is 11.3. The number of ether oxygens (including phenoxy) is 1. The molecule has 0 saturated heterocycles. The Balaban J connectivity index is 1.91. The van der Waals surface area contributed by atoms with Crippen molar-refractivity contribution in [2.45, 2.75) is 52.1 Å². The number of unbranched alkanes of at least 4 members (excludes halogenated alkanes) is 1. The third-order valence-electron chi connectivity index (χ3n) is 4.79. The Bertz CT molecular complexity index is 1200. The van der Waals surface area contributed by atoms with Gasteiger partial charge in [-0.25, -0.2) is 4.39 Å². The number of rotatable bonds is 6. The minimum absolute atomic E-state index is 0.226. The van der Waals surface area contributed by atoms with Crippen molar-refractivity contribution < 1.29 is 13.9 Å². The second kappa shape index (κ2) is 9.13. The first-order valence-corrected chi connectivity index (χ1v) is 10.2. The molecule has 5 nitrogen and oxygen atoms in total. The monoisotopic (exact) mass is 420 g/mol. The molecule has 0 amide bonds. The molecule has 0 saturated carbocycles. The van der Waals surface area contributed by atoms with Gasteiger partial charge < -0.3 is 4.74 Å². The summed E-state index contributed by atoms with van der Waals surface area (Å²) in [6.45, 7) is 5.49. The van der Waals surface area contributed by atoms with Crippen molar-refractivity contribution in [2.75, 3.05) is 0 Å². The minimum Gasteiger partial charge on any atom is -0.460 e. The zero-order valence-corrected chi connectivity index (χ0v) is 17.9. The van der Waals surface area contributed by atoms with Gasteiger partial charge in [0.15, 0.2) is 0 Å². The summed E-state index contributed by atoms with van der Waals surface area (Å²) in [5.74, 6) is -0.629. The van der Waals surface area contributed by atoms with Crippen LogP contribution in [0.1, 0.15) is 51.3 Å². The van der Waals surface area contributed by atoms with Crippen LogP contribution in [0, 0.1) is 17.1 Å². The Morgan fingerprint density at radius 1 is 1.10 bits per heavy atom. The van der Waals surface area contributed by atoms with Crippen molar-refractivity contribution in [1.82, 2.24) is 4.57 Å². The Kier molecular flexibility index (Phi) is 6.55. The van der Waals surface area contributed by atoms with Crippen LogP contribution in [0.4, 0.5) is 4.39 Å². The summed E-state index contributed by atoms with van der Waals surface area (Å²) in [5, 5.41) is 10.4. The van der Waals surface area contributed by atoms with Crippen LogP contribution < -0.4 is 5.56 Å². The number of hydrogen-bond acceptors (Lipinski definition) is 4. The highest BCUT2D eigenvalue weighted by Crippen LogP contribution is 2.20. The molecule has 1 heterocycles. The maximum atomic E-state index is 13.4. The van der Waals surface area contributed by atoms with E-state index in [1.54, 1.807) is 34.9 Å². The summed E-state index contributed by atoms with van der Waals surface area (Å²) >= 11 is 0. The van der Waals surface area contributed by atoms with E-state index in [1.807, 2.05) is 26.8 Å². The zero-order chi connectivity index (χ0) is 22.6. The van der Waals surface area contributed by atoms with E-state index in [4.69, 9.17) is 4.74 Å². The summed E-state index contributed by atoms with van der Waals surface area (Å²) in [7, 11) is 0. The fraction of sp³-hybridized carbons (Fsp3) is 0.320. The third-order valence-corrected chi connectivity index (χ3v) is 4.79. The molecule has 2 aromatic carbocycles. The number of esters is 1. The average Bonchev–Trinajstić information content (AvgIpc) is 2.70. The molecule has 0 atom stereocenters. The van der Waals surface area contributed by atoms with Gasteiger partial charge in [0.2, 0.25) is 0 Å². The van der Waals surface area contributed by atoms with Gasteiger partial charge in [-0.3, -0.25) is 14.2 Å². The van der Waals surface area contributed by atoms with Crippen LogP contribution in [-0.4, -0.2) is 16.1 Å². The minimum atomic E-state index is -0.517. The Morgan fingerprint density at radius 2 is 1.81 bits per heavy atom. The smallest absolute Gasteiger partial charge is 0.306 e. The highest BCUT2D eigenvalue weighted by atomic mass is 19.1. The molecule has 0 radical (unpaired) electrons. The molecular formula is C25H25FN2O3. The molecule has 3 aromatic rings. The van der Waals surface area contributed by atoms with Crippen LogP contribution in [0.5, 0.6) is 0 Å². The van der Waals surface area contributed by atoms with Crippen molar-refractivity contribution in [3.8, 4) is 11.8 Å². The largest absolute Gasteiger partial charge is 0.460 e. The second-order valence-corrected chi connectivity index (χ2v) is 8.46. The van der Waals surface area contributed by atoms with Crippen LogP contribution in [0.2, 0.25) is 0 Å². The predicted molar refractivity (Wildman–Crippen MR) is 118 cm³/mol. The van der Waals surface area contributed by atoms with Crippen molar-refractivity contribution in [3.05, 3.63) is 76.0 Å². The molecule has 0 spiro atoms. The molecule has 6 heteroatoms. The van der Waals surface area contributed by atoms with Gasteiger partial charge in [0.05, 0.1) is 11.6 Å². The molecule has 0 unspecified atom stereocenters. The number of aromatic nitrogens is 1. The number of halogens is 1. The fourth-order valence-electron chi connectivity index (χ4n) is 3.47. The highest BCUT2D eigenvalue weighted by Gasteiger charge is 2.16. The van der Waals surface area contributed by atoms with Crippen LogP contribution in [-0.2, 0) is 16.0 Å². The number of carbonyl (C=O) groups is 1. The van der Waals surface area contributed by atoms with Crippen molar-refractivity contribution in [3.63, 3.8) is 0 Å². The second-order valence-electron chi connectivity index (χ2n) is 8.46. The Morgan fingerprint density at radius 3 is 2.45 bits per heavy atom. The third kappa shape index (κ3) is 5.58. The number of pyridine rings is 1. The zero-order valence-electron chi connectivity index (χ0n) is 17.9. The molecule has 3 rings (SSSR count). The lowest BCUT2D eigenvalue weighted by molar-refractivity contribution is -0.154. The standard InChI is InChI=1S/C25H25FN2O3/c1-25(2,3)31-23(29)7-5-4-6-21-15-18-14-17(16-27)8-13-22(18)24(30)28(21)20-11-9-19(26)10-12-20/h8-15H,4-7H2,1-3H3. The Hall–Kier alpha value is -3.46. The summed E-state index contributed by atoms with van der Waals surface area (Å²) in [5.41, 5.74) is 1.04. The van der Waals surface area contributed by atoms with Crippen molar-refractivity contribution in [1.29, 1.82) is 5.26 Å². The molecule has 0 N–H and O–H groups in total. The number of fused-ring (bicyclic) bond motifs is 1. The molecular weight excluding hydrogens is 395 g/mol. The number of nitrogens with zero attached hydrogens (tertiary/aromatic N) is 2. The summed E-state index contributed by atoms with van der Waals surface area (Å²) in [4.78, 5) is 25.2.